The van der Waals surface area contributed by atoms with Crippen LogP contribution >= 0.6 is 11.6 Å². The van der Waals surface area contributed by atoms with E-state index < -0.39 is 0 Å². The summed E-state index contributed by atoms with van der Waals surface area (Å²) in [4.78, 5) is 9.25. The average Bonchev–Trinajstić information content (AvgIpc) is 2.85. The number of aromatic nitrogens is 2. The van der Waals surface area contributed by atoms with Crippen molar-refractivity contribution in [3.05, 3.63) is 53.7 Å². The molecule has 6 heteroatoms. The molecule has 1 aliphatic heterocycles. The van der Waals surface area contributed by atoms with Crippen LogP contribution < -0.4 is 16.0 Å². The molecule has 1 saturated carbocycles. The van der Waals surface area contributed by atoms with E-state index in [2.05, 4.69) is 39.1 Å². The summed E-state index contributed by atoms with van der Waals surface area (Å²) in [5.74, 6) is 1.43. The minimum atomic E-state index is 0.394. The van der Waals surface area contributed by atoms with Crippen LogP contribution in [0.15, 0.2) is 36.5 Å². The van der Waals surface area contributed by atoms with Gasteiger partial charge >= 0.3 is 0 Å². The highest BCUT2D eigenvalue weighted by Crippen LogP contribution is 2.31. The third-order valence-corrected chi connectivity index (χ3v) is 7.07. The Morgan fingerprint density at radius 3 is 2.78 bits per heavy atom. The number of rotatable bonds is 6. The van der Waals surface area contributed by atoms with Gasteiger partial charge in [0.1, 0.15) is 0 Å². The number of anilines is 1. The maximum absolute atomic E-state index is 6.50. The Balaban J connectivity index is 1.21. The van der Waals surface area contributed by atoms with Crippen LogP contribution in [-0.4, -0.2) is 41.7 Å². The third kappa shape index (κ3) is 4.99. The van der Waals surface area contributed by atoms with E-state index in [1.807, 2.05) is 24.3 Å². The number of benzene rings is 1. The van der Waals surface area contributed by atoms with E-state index in [0.717, 1.165) is 53.9 Å². The lowest BCUT2D eigenvalue weighted by Crippen LogP contribution is -2.42. The Labute approximate surface area is 195 Å². The fourth-order valence-corrected chi connectivity index (χ4v) is 5.16. The van der Waals surface area contributed by atoms with Crippen molar-refractivity contribution in [1.29, 1.82) is 0 Å². The average molecular weight is 448 g/mol. The quantitative estimate of drug-likeness (QED) is 0.503. The Morgan fingerprint density at radius 1 is 1.09 bits per heavy atom. The molecular weight excluding hydrogens is 418 g/mol. The number of fused-ring (bicyclic) bond motifs is 1. The fraction of sp³-hybridized carbons (Fsp3) is 0.462. The maximum Gasteiger partial charge on any atom is 0.223 e. The zero-order valence-corrected chi connectivity index (χ0v) is 19.1. The number of nitrogens with zero attached hydrogens (tertiary/aromatic N) is 2. The summed E-state index contributed by atoms with van der Waals surface area (Å²) in [5.41, 5.74) is 1.70. The minimum Gasteiger partial charge on any atom is -0.351 e. The van der Waals surface area contributed by atoms with E-state index in [1.165, 1.54) is 32.2 Å². The molecule has 0 radical (unpaired) electrons. The predicted molar refractivity (Wildman–Crippen MR) is 131 cm³/mol. The molecule has 0 spiro atoms. The van der Waals surface area contributed by atoms with Gasteiger partial charge in [-0.05, 0) is 76.2 Å². The Hall–Kier alpha value is -2.39. The van der Waals surface area contributed by atoms with Crippen LogP contribution in [0, 0.1) is 18.1 Å². The number of halogens is 1. The Morgan fingerprint density at radius 2 is 1.94 bits per heavy atom. The van der Waals surface area contributed by atoms with Gasteiger partial charge in [0.2, 0.25) is 5.95 Å². The largest absolute Gasteiger partial charge is 0.351 e. The summed E-state index contributed by atoms with van der Waals surface area (Å²) in [6, 6.07) is 17.3. The van der Waals surface area contributed by atoms with Crippen LogP contribution in [0.2, 0.25) is 5.02 Å². The second-order valence-electron chi connectivity index (χ2n) is 9.08. The molecule has 0 amide bonds. The van der Waals surface area contributed by atoms with Crippen LogP contribution in [0.25, 0.3) is 22.0 Å². The molecule has 0 bridgehead atoms. The molecule has 1 atom stereocenters. The number of hydrogen-bond acceptors (Lipinski definition) is 5. The van der Waals surface area contributed by atoms with Crippen LogP contribution in [-0.2, 0) is 0 Å². The van der Waals surface area contributed by atoms with E-state index in [1.54, 1.807) is 6.20 Å². The van der Waals surface area contributed by atoms with Gasteiger partial charge in [-0.2, -0.15) is 0 Å². The molecule has 5 rings (SSSR count). The van der Waals surface area contributed by atoms with Gasteiger partial charge in [-0.15, -0.1) is 0 Å². The lowest BCUT2D eigenvalue weighted by Gasteiger charge is -2.32. The van der Waals surface area contributed by atoms with Gasteiger partial charge in [-0.3, -0.25) is 0 Å². The van der Waals surface area contributed by atoms with Gasteiger partial charge in [-0.25, -0.2) is 9.97 Å². The van der Waals surface area contributed by atoms with Crippen LogP contribution in [0.3, 0.4) is 0 Å². The summed E-state index contributed by atoms with van der Waals surface area (Å²) < 4.78 is 0. The summed E-state index contributed by atoms with van der Waals surface area (Å²) in [5, 5.41) is 13.5. The predicted octanol–water partition coefficient (Wildman–Crippen LogP) is 4.86. The van der Waals surface area contributed by atoms with Gasteiger partial charge < -0.3 is 16.0 Å². The summed E-state index contributed by atoms with van der Waals surface area (Å²) in [7, 11) is 0. The molecule has 32 heavy (non-hydrogen) atoms. The standard InChI is InChI=1S/C26H30ClN5/c27-24-17-30-26(32-25(24)23-9-3-7-19-6-1-2-8-22(19)23)31-21-12-10-20(11-13-21)29-16-18-5-4-14-28-15-18/h1-2,6,8-9,17-18,20-21,28-29H,4-5,10-16H2,(H,30,31,32)/t18?,20-,21-. The lowest BCUT2D eigenvalue weighted by atomic mass is 9.90. The zero-order chi connectivity index (χ0) is 21.8. The maximum atomic E-state index is 6.50. The van der Waals surface area contributed by atoms with E-state index in [4.69, 9.17) is 16.6 Å². The second kappa shape index (κ2) is 10.0. The Bertz CT molecular complexity index is 1040. The van der Waals surface area contributed by atoms with E-state index in [9.17, 15) is 0 Å². The van der Waals surface area contributed by atoms with Crippen molar-refractivity contribution in [2.24, 2.45) is 5.92 Å². The molecule has 2 aromatic carbocycles. The number of nitrogens with one attached hydrogen (secondary N) is 3. The third-order valence-electron chi connectivity index (χ3n) is 6.79. The SMILES string of the molecule is Clc1cnc(N[C@H]2CC[C@H](NCC3CCCNC3)CC2)nc1-c1cc#cc2ccccc12. The molecule has 2 aliphatic rings. The topological polar surface area (TPSA) is 61.9 Å². The summed E-state index contributed by atoms with van der Waals surface area (Å²) >= 11 is 6.50. The molecular formula is C26H30ClN5. The van der Waals surface area contributed by atoms with Crippen molar-refractivity contribution in [3.8, 4) is 11.3 Å². The monoisotopic (exact) mass is 447 g/mol. The Kier molecular flexibility index (Phi) is 6.73. The zero-order valence-electron chi connectivity index (χ0n) is 18.3. The molecule has 1 aromatic heterocycles. The van der Waals surface area contributed by atoms with E-state index >= 15 is 0 Å². The van der Waals surface area contributed by atoms with Gasteiger partial charge in [0.15, 0.2) is 0 Å². The highest BCUT2D eigenvalue weighted by atomic mass is 35.5. The van der Waals surface area contributed by atoms with E-state index in [0.29, 0.717) is 23.1 Å². The van der Waals surface area contributed by atoms with Gasteiger partial charge in [0.25, 0.3) is 0 Å². The van der Waals surface area contributed by atoms with Crippen LogP contribution in [0.5, 0.6) is 0 Å². The van der Waals surface area contributed by atoms with Crippen molar-refractivity contribution in [3.63, 3.8) is 0 Å². The van der Waals surface area contributed by atoms with E-state index in [-0.39, 0.29) is 0 Å². The van der Waals surface area contributed by atoms with Gasteiger partial charge in [-0.1, -0.05) is 41.9 Å². The summed E-state index contributed by atoms with van der Waals surface area (Å²) in [6.07, 6.45) is 8.97. The number of piperidine rings is 1. The molecule has 166 valence electrons. The first-order chi connectivity index (χ1) is 15.8. The first-order valence-corrected chi connectivity index (χ1v) is 12.2. The molecule has 2 heterocycles. The first-order valence-electron chi connectivity index (χ1n) is 11.8. The molecule has 3 aromatic rings. The highest BCUT2D eigenvalue weighted by molar-refractivity contribution is 6.33. The molecule has 1 unspecified atom stereocenters. The first kappa shape index (κ1) is 21.5. The lowest BCUT2D eigenvalue weighted by molar-refractivity contribution is 0.303. The summed E-state index contributed by atoms with van der Waals surface area (Å²) in [6.45, 7) is 3.48. The molecule has 1 aliphatic carbocycles. The van der Waals surface area contributed by atoms with Crippen molar-refractivity contribution >= 4 is 28.3 Å². The molecule has 5 nitrogen and oxygen atoms in total. The van der Waals surface area contributed by atoms with Crippen LogP contribution in [0.4, 0.5) is 5.95 Å². The van der Waals surface area contributed by atoms with Gasteiger partial charge in [0.05, 0.1) is 16.9 Å². The molecule has 3 N–H and O–H groups in total. The van der Waals surface area contributed by atoms with Gasteiger partial charge in [0, 0.05) is 28.4 Å². The van der Waals surface area contributed by atoms with Crippen molar-refractivity contribution in [1.82, 2.24) is 20.6 Å². The highest BCUT2D eigenvalue weighted by Gasteiger charge is 2.23. The number of hydrogen-bond donors (Lipinski definition) is 3. The normalized spacial score (nSPS) is 23.6. The fourth-order valence-electron chi connectivity index (χ4n) is 4.97. The van der Waals surface area contributed by atoms with Crippen LogP contribution in [0.1, 0.15) is 38.5 Å². The second-order valence-corrected chi connectivity index (χ2v) is 9.48. The van der Waals surface area contributed by atoms with Crippen molar-refractivity contribution in [2.45, 2.75) is 50.6 Å². The smallest absolute Gasteiger partial charge is 0.223 e. The van der Waals surface area contributed by atoms with Crippen molar-refractivity contribution in [2.75, 3.05) is 25.0 Å². The minimum absolute atomic E-state index is 0.394. The molecule has 1 saturated heterocycles. The van der Waals surface area contributed by atoms with Crippen molar-refractivity contribution < 1.29 is 0 Å². The molecule has 2 fully saturated rings.